The van der Waals surface area contributed by atoms with Crippen molar-refractivity contribution in [3.05, 3.63) is 35.9 Å². The number of rotatable bonds is 7. The van der Waals surface area contributed by atoms with Crippen LogP contribution in [0.3, 0.4) is 0 Å². The summed E-state index contributed by atoms with van der Waals surface area (Å²) in [4.78, 5) is 13.9. The molecule has 1 aromatic carbocycles. The van der Waals surface area contributed by atoms with Crippen molar-refractivity contribution >= 4 is 6.09 Å². The largest absolute Gasteiger partial charge is 0.445 e. The number of benzene rings is 1. The van der Waals surface area contributed by atoms with Crippen LogP contribution < -0.4 is 5.32 Å². The second-order valence-corrected chi connectivity index (χ2v) is 7.31. The van der Waals surface area contributed by atoms with Crippen molar-refractivity contribution in [1.82, 2.24) is 10.2 Å². The van der Waals surface area contributed by atoms with E-state index in [2.05, 4.69) is 10.2 Å². The summed E-state index contributed by atoms with van der Waals surface area (Å²) in [6.07, 6.45) is 2.56. The average Bonchev–Trinajstić information content (AvgIpc) is 3.41. The van der Waals surface area contributed by atoms with E-state index in [4.69, 9.17) is 4.74 Å². The van der Waals surface area contributed by atoms with Gasteiger partial charge in [-0.1, -0.05) is 30.3 Å². The summed E-state index contributed by atoms with van der Waals surface area (Å²) in [5.74, 6) is 0. The van der Waals surface area contributed by atoms with E-state index in [0.717, 1.165) is 37.9 Å². The first-order valence-corrected chi connectivity index (χ1v) is 9.10. The Bertz CT molecular complexity index is 562. The number of aliphatic hydroxyl groups is 2. The summed E-state index contributed by atoms with van der Waals surface area (Å²) >= 11 is 0. The fourth-order valence-corrected chi connectivity index (χ4v) is 3.43. The van der Waals surface area contributed by atoms with Crippen LogP contribution in [0, 0.1) is 5.41 Å². The van der Waals surface area contributed by atoms with Crippen LogP contribution in [0.1, 0.15) is 31.2 Å². The molecule has 1 aliphatic carbocycles. The average molecular weight is 348 g/mol. The highest BCUT2D eigenvalue weighted by atomic mass is 16.5. The molecule has 1 spiro atoms. The molecule has 6 heteroatoms. The lowest BCUT2D eigenvalue weighted by molar-refractivity contribution is 0.00361. The zero-order chi connectivity index (χ0) is 17.7. The molecule has 1 amide bonds. The fraction of sp³-hybridized carbons (Fsp3) is 0.632. The molecule has 3 rings (SSSR count). The minimum atomic E-state index is -0.613. The van der Waals surface area contributed by atoms with Crippen LogP contribution >= 0.6 is 0 Å². The second-order valence-electron chi connectivity index (χ2n) is 7.31. The Morgan fingerprint density at radius 1 is 1.32 bits per heavy atom. The number of aliphatic hydroxyl groups excluding tert-OH is 2. The zero-order valence-corrected chi connectivity index (χ0v) is 14.6. The molecule has 3 N–H and O–H groups in total. The summed E-state index contributed by atoms with van der Waals surface area (Å²) in [7, 11) is 0. The maximum atomic E-state index is 11.7. The van der Waals surface area contributed by atoms with Crippen molar-refractivity contribution < 1.29 is 19.7 Å². The number of alkyl carbamates (subject to hydrolysis) is 1. The molecule has 0 aromatic heterocycles. The van der Waals surface area contributed by atoms with E-state index >= 15 is 0 Å². The Morgan fingerprint density at radius 3 is 2.76 bits per heavy atom. The first-order valence-electron chi connectivity index (χ1n) is 9.10. The lowest BCUT2D eigenvalue weighted by Gasteiger charge is -2.36. The van der Waals surface area contributed by atoms with Crippen molar-refractivity contribution in [2.75, 3.05) is 26.2 Å². The molecular weight excluding hydrogens is 320 g/mol. The number of carbonyl (C=O) groups excluding carboxylic acids is 1. The number of likely N-dealkylation sites (tertiary alicyclic amines) is 1. The van der Waals surface area contributed by atoms with E-state index < -0.39 is 12.2 Å². The second kappa shape index (κ2) is 8.17. The van der Waals surface area contributed by atoms with Crippen molar-refractivity contribution in [2.24, 2.45) is 5.41 Å². The van der Waals surface area contributed by atoms with Gasteiger partial charge >= 0.3 is 6.09 Å². The normalized spacial score (nSPS) is 23.2. The van der Waals surface area contributed by atoms with Gasteiger partial charge < -0.3 is 25.2 Å². The minimum Gasteiger partial charge on any atom is -0.445 e. The van der Waals surface area contributed by atoms with Crippen LogP contribution in [-0.4, -0.2) is 59.6 Å². The molecule has 2 fully saturated rings. The van der Waals surface area contributed by atoms with E-state index in [1.165, 1.54) is 0 Å². The number of nitrogens with zero attached hydrogens (tertiary/aromatic N) is 1. The van der Waals surface area contributed by atoms with Gasteiger partial charge in [-0.05, 0) is 43.2 Å². The van der Waals surface area contributed by atoms with E-state index in [1.807, 2.05) is 30.3 Å². The third-order valence-electron chi connectivity index (χ3n) is 5.43. The summed E-state index contributed by atoms with van der Waals surface area (Å²) in [5, 5.41) is 22.8. The van der Waals surface area contributed by atoms with Gasteiger partial charge in [-0.15, -0.1) is 0 Å². The van der Waals surface area contributed by atoms with Gasteiger partial charge in [0.15, 0.2) is 0 Å². The molecule has 0 bridgehead atoms. The SMILES string of the molecule is O=C(NC[C@H](O)CCN1CCC2(CC2)[C@H](O)C1)OCc1ccccc1. The third-order valence-corrected chi connectivity index (χ3v) is 5.43. The summed E-state index contributed by atoms with van der Waals surface area (Å²) < 4.78 is 5.11. The van der Waals surface area contributed by atoms with Gasteiger partial charge in [0.05, 0.1) is 12.2 Å². The third kappa shape index (κ3) is 5.17. The predicted octanol–water partition coefficient (Wildman–Crippen LogP) is 1.51. The lowest BCUT2D eigenvalue weighted by Crippen LogP contribution is -2.46. The molecular formula is C19H28N2O4. The van der Waals surface area contributed by atoms with Gasteiger partial charge in [0.1, 0.15) is 6.61 Å². The van der Waals surface area contributed by atoms with Gasteiger partial charge in [0.25, 0.3) is 0 Å². The number of hydrogen-bond donors (Lipinski definition) is 3. The quantitative estimate of drug-likeness (QED) is 0.696. The zero-order valence-electron chi connectivity index (χ0n) is 14.6. The van der Waals surface area contributed by atoms with Crippen LogP contribution in [0.5, 0.6) is 0 Å². The topological polar surface area (TPSA) is 82.0 Å². The molecule has 0 radical (unpaired) electrons. The number of nitrogens with one attached hydrogen (secondary N) is 1. The number of hydrogen-bond acceptors (Lipinski definition) is 5. The van der Waals surface area contributed by atoms with Gasteiger partial charge in [0.2, 0.25) is 0 Å². The number of piperidine rings is 1. The molecule has 2 aliphatic rings. The van der Waals surface area contributed by atoms with E-state index in [-0.39, 0.29) is 24.7 Å². The van der Waals surface area contributed by atoms with Crippen molar-refractivity contribution in [2.45, 2.75) is 44.5 Å². The Kier molecular flexibility index (Phi) is 5.93. The molecule has 2 atom stereocenters. The Labute approximate surface area is 148 Å². The van der Waals surface area contributed by atoms with E-state index in [1.54, 1.807) is 0 Å². The van der Waals surface area contributed by atoms with Crippen LogP contribution in [0.15, 0.2) is 30.3 Å². The van der Waals surface area contributed by atoms with Crippen LogP contribution in [0.25, 0.3) is 0 Å². The van der Waals surface area contributed by atoms with Gasteiger partial charge in [-0.3, -0.25) is 0 Å². The van der Waals surface area contributed by atoms with Crippen LogP contribution in [0.2, 0.25) is 0 Å². The predicted molar refractivity (Wildman–Crippen MR) is 94.0 cm³/mol. The number of carbonyl (C=O) groups is 1. The molecule has 138 valence electrons. The smallest absolute Gasteiger partial charge is 0.407 e. The Morgan fingerprint density at radius 2 is 2.08 bits per heavy atom. The van der Waals surface area contributed by atoms with Crippen molar-refractivity contribution in [3.63, 3.8) is 0 Å². The maximum Gasteiger partial charge on any atom is 0.407 e. The van der Waals surface area contributed by atoms with Crippen LogP contribution in [0.4, 0.5) is 4.79 Å². The van der Waals surface area contributed by atoms with Gasteiger partial charge in [-0.2, -0.15) is 0 Å². The molecule has 6 nitrogen and oxygen atoms in total. The maximum absolute atomic E-state index is 11.7. The highest BCUT2D eigenvalue weighted by Crippen LogP contribution is 2.53. The highest BCUT2D eigenvalue weighted by molar-refractivity contribution is 5.67. The molecule has 1 heterocycles. The number of ether oxygens (including phenoxy) is 1. The Balaban J connectivity index is 1.27. The summed E-state index contributed by atoms with van der Waals surface area (Å²) in [6, 6.07) is 9.47. The molecule has 1 aromatic rings. The van der Waals surface area contributed by atoms with E-state index in [0.29, 0.717) is 13.0 Å². The molecule has 1 aliphatic heterocycles. The number of β-amino-alcohol motifs (C(OH)–C–C–N with tert-alkyl or cyclic N) is 1. The molecule has 25 heavy (non-hydrogen) atoms. The molecule has 1 saturated carbocycles. The van der Waals surface area contributed by atoms with Gasteiger partial charge in [0, 0.05) is 19.6 Å². The van der Waals surface area contributed by atoms with E-state index in [9.17, 15) is 15.0 Å². The standard InChI is InChI=1S/C19H28N2O4/c22-16(6-10-21-11-9-19(7-8-19)17(23)13-21)12-20-18(24)25-14-15-4-2-1-3-5-15/h1-5,16-17,22-23H,6-14H2,(H,20,24)/t16-,17-/m1/s1. The highest BCUT2D eigenvalue weighted by Gasteiger charge is 2.50. The molecule has 0 unspecified atom stereocenters. The van der Waals surface area contributed by atoms with Crippen LogP contribution in [-0.2, 0) is 11.3 Å². The summed E-state index contributed by atoms with van der Waals surface area (Å²) in [5.41, 5.74) is 1.13. The minimum absolute atomic E-state index is 0.175. The van der Waals surface area contributed by atoms with Crippen molar-refractivity contribution in [1.29, 1.82) is 0 Å². The summed E-state index contributed by atoms with van der Waals surface area (Å²) in [6.45, 7) is 2.80. The molecule has 1 saturated heterocycles. The monoisotopic (exact) mass is 348 g/mol. The lowest BCUT2D eigenvalue weighted by atomic mass is 9.90. The first kappa shape index (κ1) is 18.2. The van der Waals surface area contributed by atoms with Gasteiger partial charge in [-0.25, -0.2) is 4.79 Å². The fourth-order valence-electron chi connectivity index (χ4n) is 3.43. The van der Waals surface area contributed by atoms with Crippen molar-refractivity contribution in [3.8, 4) is 0 Å². The first-order chi connectivity index (χ1) is 12.1. The Hall–Kier alpha value is -1.63. The number of amides is 1.